The molecule has 20 heavy (non-hydrogen) atoms. The van der Waals surface area contributed by atoms with Gasteiger partial charge < -0.3 is 10.5 Å². The number of hydrogen-bond donors (Lipinski definition) is 2. The highest BCUT2D eigenvalue weighted by Gasteiger charge is 2.30. The summed E-state index contributed by atoms with van der Waals surface area (Å²) < 4.78 is 32.8. The van der Waals surface area contributed by atoms with Gasteiger partial charge in [0.1, 0.15) is 10.6 Å². The number of hydrogen-bond acceptors (Lipinski definition) is 4. The molecule has 0 amide bonds. The van der Waals surface area contributed by atoms with Crippen LogP contribution < -0.4 is 15.2 Å². The van der Waals surface area contributed by atoms with Crippen molar-refractivity contribution in [2.24, 2.45) is 11.7 Å². The van der Waals surface area contributed by atoms with Gasteiger partial charge in [-0.2, -0.15) is 0 Å². The van der Waals surface area contributed by atoms with E-state index in [9.17, 15) is 8.42 Å². The second-order valence-corrected chi connectivity index (χ2v) is 7.30. The van der Waals surface area contributed by atoms with Gasteiger partial charge in [-0.25, -0.2) is 13.1 Å². The lowest BCUT2D eigenvalue weighted by Crippen LogP contribution is -2.38. The molecule has 0 heterocycles. The number of rotatable bonds is 6. The summed E-state index contributed by atoms with van der Waals surface area (Å²) in [6, 6.07) is 4.74. The molecule has 1 aromatic carbocycles. The van der Waals surface area contributed by atoms with Gasteiger partial charge in [0.25, 0.3) is 0 Å². The minimum Gasteiger partial charge on any atom is -0.495 e. The highest BCUT2D eigenvalue weighted by Crippen LogP contribution is 2.31. The zero-order valence-corrected chi connectivity index (χ0v) is 14.2. The second-order valence-electron chi connectivity index (χ2n) is 4.65. The molecule has 1 aliphatic carbocycles. The topological polar surface area (TPSA) is 81.4 Å². The molecule has 0 spiro atoms. The van der Waals surface area contributed by atoms with Crippen molar-refractivity contribution in [2.45, 2.75) is 23.8 Å². The van der Waals surface area contributed by atoms with Crippen LogP contribution in [0.2, 0.25) is 0 Å². The predicted molar refractivity (Wildman–Crippen MR) is 83.8 cm³/mol. The van der Waals surface area contributed by atoms with E-state index in [-0.39, 0.29) is 29.9 Å². The molecule has 0 aromatic heterocycles. The third-order valence-corrected chi connectivity index (χ3v) is 5.09. The summed E-state index contributed by atoms with van der Waals surface area (Å²) in [5, 5.41) is 0. The fraction of sp³-hybridized carbons (Fsp3) is 0.500. The first kappa shape index (κ1) is 17.7. The molecule has 0 aliphatic heterocycles. The van der Waals surface area contributed by atoms with E-state index in [1.165, 1.54) is 13.2 Å². The Bertz CT molecular complexity index is 564. The predicted octanol–water partition coefficient (Wildman–Crippen LogP) is 1.90. The summed E-state index contributed by atoms with van der Waals surface area (Å²) in [5.74, 6) is 0.766. The van der Waals surface area contributed by atoms with Crippen molar-refractivity contribution in [2.75, 3.05) is 13.7 Å². The Morgan fingerprint density at radius 2 is 2.15 bits per heavy atom. The lowest BCUT2D eigenvalue weighted by molar-refractivity contribution is 0.402. The van der Waals surface area contributed by atoms with E-state index in [2.05, 4.69) is 20.7 Å². The highest BCUT2D eigenvalue weighted by atomic mass is 79.9. The molecule has 0 radical (unpaired) electrons. The van der Waals surface area contributed by atoms with Crippen LogP contribution in [-0.2, 0) is 10.0 Å². The molecule has 8 heteroatoms. The van der Waals surface area contributed by atoms with E-state index in [0.29, 0.717) is 16.1 Å². The van der Waals surface area contributed by atoms with E-state index in [1.54, 1.807) is 12.1 Å². The Morgan fingerprint density at radius 1 is 1.50 bits per heavy atom. The van der Waals surface area contributed by atoms with Crippen LogP contribution >= 0.6 is 28.3 Å². The van der Waals surface area contributed by atoms with Crippen LogP contribution in [0.4, 0.5) is 0 Å². The Morgan fingerprint density at radius 3 is 2.70 bits per heavy atom. The standard InChI is InChI=1S/C12H17BrN2O3S.ClH/c1-18-11-5-4-9(13)6-12(11)19(16,17)15-7-10(14)8-2-3-8;/h4-6,8,10,15H,2-3,7,14H2,1H3;1H. The fourth-order valence-electron chi connectivity index (χ4n) is 1.84. The molecular weight excluding hydrogens is 368 g/mol. The number of ether oxygens (including phenoxy) is 1. The van der Waals surface area contributed by atoms with Crippen molar-refractivity contribution in [3.8, 4) is 5.75 Å². The van der Waals surface area contributed by atoms with Gasteiger partial charge >= 0.3 is 0 Å². The molecule has 0 saturated heterocycles. The van der Waals surface area contributed by atoms with Crippen molar-refractivity contribution in [1.82, 2.24) is 4.72 Å². The van der Waals surface area contributed by atoms with Crippen LogP contribution in [0.5, 0.6) is 5.75 Å². The quantitative estimate of drug-likeness (QED) is 0.783. The first-order chi connectivity index (χ1) is 8.94. The van der Waals surface area contributed by atoms with E-state index in [1.807, 2.05) is 0 Å². The molecule has 3 N–H and O–H groups in total. The average Bonchev–Trinajstić information content (AvgIpc) is 3.20. The van der Waals surface area contributed by atoms with E-state index >= 15 is 0 Å². The summed E-state index contributed by atoms with van der Waals surface area (Å²) in [6.07, 6.45) is 2.17. The minimum absolute atomic E-state index is 0. The van der Waals surface area contributed by atoms with Crippen molar-refractivity contribution in [3.63, 3.8) is 0 Å². The Kier molecular flexibility index (Phi) is 6.27. The van der Waals surface area contributed by atoms with Gasteiger partial charge in [-0.05, 0) is 37.0 Å². The Hall–Kier alpha value is -0.340. The third-order valence-electron chi connectivity index (χ3n) is 3.15. The summed E-state index contributed by atoms with van der Waals surface area (Å²) in [6.45, 7) is 0.253. The molecule has 1 atom stereocenters. The Labute approximate surface area is 133 Å². The molecule has 114 valence electrons. The van der Waals surface area contributed by atoms with Crippen LogP contribution in [0.1, 0.15) is 12.8 Å². The van der Waals surface area contributed by atoms with Gasteiger partial charge in [-0.1, -0.05) is 15.9 Å². The molecule has 2 rings (SSSR count). The highest BCUT2D eigenvalue weighted by molar-refractivity contribution is 9.10. The first-order valence-corrected chi connectivity index (χ1v) is 8.30. The zero-order chi connectivity index (χ0) is 14.0. The van der Waals surface area contributed by atoms with Crippen molar-refractivity contribution in [3.05, 3.63) is 22.7 Å². The molecular formula is C12H18BrClN2O3S. The van der Waals surface area contributed by atoms with Crippen LogP contribution in [0.25, 0.3) is 0 Å². The molecule has 1 saturated carbocycles. The average molecular weight is 386 g/mol. The summed E-state index contributed by atoms with van der Waals surface area (Å²) in [7, 11) is -2.17. The minimum atomic E-state index is -3.61. The lowest BCUT2D eigenvalue weighted by Gasteiger charge is -2.14. The van der Waals surface area contributed by atoms with Crippen molar-refractivity contribution in [1.29, 1.82) is 0 Å². The van der Waals surface area contributed by atoms with Crippen molar-refractivity contribution < 1.29 is 13.2 Å². The molecule has 5 nitrogen and oxygen atoms in total. The van der Waals surface area contributed by atoms with Gasteiger partial charge in [-0.15, -0.1) is 12.4 Å². The zero-order valence-electron chi connectivity index (χ0n) is 11.0. The molecule has 1 unspecified atom stereocenters. The SMILES string of the molecule is COc1ccc(Br)cc1S(=O)(=O)NCC(N)C1CC1.Cl. The molecule has 1 fully saturated rings. The third kappa shape index (κ3) is 4.33. The molecule has 1 aliphatic rings. The summed E-state index contributed by atoms with van der Waals surface area (Å²) in [5.41, 5.74) is 5.90. The van der Waals surface area contributed by atoms with Gasteiger partial charge in [0.2, 0.25) is 10.0 Å². The first-order valence-electron chi connectivity index (χ1n) is 6.03. The fourth-order valence-corrected chi connectivity index (χ4v) is 3.61. The van der Waals surface area contributed by atoms with Gasteiger partial charge in [0.05, 0.1) is 7.11 Å². The number of nitrogens with two attached hydrogens (primary N) is 1. The largest absolute Gasteiger partial charge is 0.495 e. The lowest BCUT2D eigenvalue weighted by atomic mass is 10.2. The maximum atomic E-state index is 12.2. The van der Waals surface area contributed by atoms with Crippen LogP contribution in [0.15, 0.2) is 27.6 Å². The van der Waals surface area contributed by atoms with Crippen molar-refractivity contribution >= 4 is 38.4 Å². The van der Waals surface area contributed by atoms with E-state index in [0.717, 1.165) is 12.8 Å². The normalized spacial score (nSPS) is 16.4. The summed E-state index contributed by atoms with van der Waals surface area (Å²) in [4.78, 5) is 0.118. The number of methoxy groups -OCH3 is 1. The molecule has 1 aromatic rings. The van der Waals surface area contributed by atoms with Crippen LogP contribution in [0, 0.1) is 5.92 Å². The summed E-state index contributed by atoms with van der Waals surface area (Å²) >= 11 is 3.26. The maximum absolute atomic E-state index is 12.2. The van der Waals surface area contributed by atoms with Crippen LogP contribution in [-0.4, -0.2) is 28.1 Å². The number of benzene rings is 1. The Balaban J connectivity index is 0.00000200. The maximum Gasteiger partial charge on any atom is 0.244 e. The van der Waals surface area contributed by atoms with E-state index < -0.39 is 10.0 Å². The number of halogens is 2. The van der Waals surface area contributed by atoms with Gasteiger partial charge in [0.15, 0.2) is 0 Å². The number of nitrogens with one attached hydrogen (secondary N) is 1. The van der Waals surface area contributed by atoms with E-state index in [4.69, 9.17) is 10.5 Å². The monoisotopic (exact) mass is 384 g/mol. The number of sulfonamides is 1. The van der Waals surface area contributed by atoms with Gasteiger partial charge in [-0.3, -0.25) is 0 Å². The van der Waals surface area contributed by atoms with Crippen LogP contribution in [0.3, 0.4) is 0 Å². The molecule has 0 bridgehead atoms. The smallest absolute Gasteiger partial charge is 0.244 e. The van der Waals surface area contributed by atoms with Gasteiger partial charge in [0, 0.05) is 17.1 Å². The second kappa shape index (κ2) is 7.09.